The topological polar surface area (TPSA) is 56.5 Å². The van der Waals surface area contributed by atoms with Gasteiger partial charge < -0.3 is 9.15 Å². The van der Waals surface area contributed by atoms with Crippen molar-refractivity contribution in [2.75, 3.05) is 13.4 Å². The van der Waals surface area contributed by atoms with Gasteiger partial charge in [0.1, 0.15) is 5.56 Å². The number of methoxy groups -OCH3 is 1. The first-order chi connectivity index (χ1) is 12.1. The lowest BCUT2D eigenvalue weighted by atomic mass is 10.1. The van der Waals surface area contributed by atoms with Crippen molar-refractivity contribution >= 4 is 34.6 Å². The predicted molar refractivity (Wildman–Crippen MR) is 101 cm³/mol. The fourth-order valence-corrected chi connectivity index (χ4v) is 2.84. The molecule has 0 saturated carbocycles. The van der Waals surface area contributed by atoms with Gasteiger partial charge in [-0.05, 0) is 42.2 Å². The van der Waals surface area contributed by atoms with Gasteiger partial charge in [-0.25, -0.2) is 4.79 Å². The molecular formula is C20H16O4S. The second-order valence-electron chi connectivity index (χ2n) is 5.30. The van der Waals surface area contributed by atoms with Gasteiger partial charge in [-0.1, -0.05) is 30.3 Å². The molecule has 3 aromatic rings. The number of fused-ring (bicyclic) bond motifs is 1. The van der Waals surface area contributed by atoms with E-state index in [1.54, 1.807) is 36.0 Å². The van der Waals surface area contributed by atoms with E-state index < -0.39 is 11.4 Å². The molecular weight excluding hydrogens is 336 g/mol. The SMILES string of the molecule is COc1cccc2cc(C(=O)/C=C/c3ccc(SC)cc3)c(=O)oc12. The van der Waals surface area contributed by atoms with Crippen LogP contribution in [0, 0.1) is 0 Å². The van der Waals surface area contributed by atoms with Gasteiger partial charge in [0.15, 0.2) is 17.1 Å². The Labute approximate surface area is 149 Å². The highest BCUT2D eigenvalue weighted by Crippen LogP contribution is 2.24. The van der Waals surface area contributed by atoms with Crippen LogP contribution in [0.2, 0.25) is 0 Å². The third-order valence-electron chi connectivity index (χ3n) is 3.75. The van der Waals surface area contributed by atoms with Crippen LogP contribution in [-0.2, 0) is 0 Å². The Bertz CT molecular complexity index is 1000. The lowest BCUT2D eigenvalue weighted by Crippen LogP contribution is -2.12. The number of carbonyl (C=O) groups excluding carboxylic acids is 1. The number of benzene rings is 2. The number of carbonyl (C=O) groups is 1. The molecule has 0 atom stereocenters. The van der Waals surface area contributed by atoms with Gasteiger partial charge in [0.25, 0.3) is 0 Å². The van der Waals surface area contributed by atoms with Crippen molar-refractivity contribution in [3.8, 4) is 5.75 Å². The quantitative estimate of drug-likeness (QED) is 0.294. The van der Waals surface area contributed by atoms with Crippen molar-refractivity contribution in [3.63, 3.8) is 0 Å². The third kappa shape index (κ3) is 3.67. The molecule has 0 amide bonds. The Kier molecular flexibility index (Phi) is 5.05. The van der Waals surface area contributed by atoms with Crippen LogP contribution in [0.3, 0.4) is 0 Å². The number of ketones is 1. The Hall–Kier alpha value is -2.79. The maximum atomic E-state index is 12.4. The average molecular weight is 352 g/mol. The first kappa shape index (κ1) is 17.0. The normalized spacial score (nSPS) is 11.1. The highest BCUT2D eigenvalue weighted by molar-refractivity contribution is 7.98. The van der Waals surface area contributed by atoms with Gasteiger partial charge >= 0.3 is 5.63 Å². The molecule has 0 fully saturated rings. The van der Waals surface area contributed by atoms with E-state index in [-0.39, 0.29) is 5.56 Å². The van der Waals surface area contributed by atoms with Crippen LogP contribution in [0.25, 0.3) is 17.0 Å². The Morgan fingerprint density at radius 1 is 1.16 bits per heavy atom. The summed E-state index contributed by atoms with van der Waals surface area (Å²) in [6.45, 7) is 0. The molecule has 3 rings (SSSR count). The van der Waals surface area contributed by atoms with Gasteiger partial charge in [0.2, 0.25) is 0 Å². The summed E-state index contributed by atoms with van der Waals surface area (Å²) >= 11 is 1.65. The third-order valence-corrected chi connectivity index (χ3v) is 4.50. The van der Waals surface area contributed by atoms with Crippen LogP contribution in [0.1, 0.15) is 15.9 Å². The second-order valence-corrected chi connectivity index (χ2v) is 6.18. The van der Waals surface area contributed by atoms with Crippen LogP contribution < -0.4 is 10.4 Å². The second kappa shape index (κ2) is 7.40. The minimum Gasteiger partial charge on any atom is -0.493 e. The van der Waals surface area contributed by atoms with E-state index in [1.807, 2.05) is 30.5 Å². The fraction of sp³-hybridized carbons (Fsp3) is 0.100. The smallest absolute Gasteiger partial charge is 0.347 e. The molecule has 1 aromatic heterocycles. The number of thioether (sulfide) groups is 1. The molecule has 0 N–H and O–H groups in total. The summed E-state index contributed by atoms with van der Waals surface area (Å²) in [5.74, 6) is 0.0606. The molecule has 25 heavy (non-hydrogen) atoms. The van der Waals surface area contributed by atoms with Crippen molar-refractivity contribution in [3.05, 3.63) is 76.2 Å². The lowest BCUT2D eigenvalue weighted by Gasteiger charge is -2.04. The predicted octanol–water partition coefficient (Wildman–Crippen LogP) is 4.42. The molecule has 4 nitrogen and oxygen atoms in total. The number of para-hydroxylation sites is 1. The Morgan fingerprint density at radius 3 is 2.60 bits per heavy atom. The largest absolute Gasteiger partial charge is 0.493 e. The summed E-state index contributed by atoms with van der Waals surface area (Å²) in [5, 5.41) is 0.639. The molecule has 1 heterocycles. The number of rotatable bonds is 5. The average Bonchev–Trinajstić information content (AvgIpc) is 2.65. The first-order valence-electron chi connectivity index (χ1n) is 7.59. The molecule has 2 aromatic carbocycles. The summed E-state index contributed by atoms with van der Waals surface area (Å²) < 4.78 is 10.5. The van der Waals surface area contributed by atoms with Gasteiger partial charge in [0, 0.05) is 10.3 Å². The maximum absolute atomic E-state index is 12.4. The van der Waals surface area contributed by atoms with E-state index in [1.165, 1.54) is 19.3 Å². The molecule has 0 bridgehead atoms. The summed E-state index contributed by atoms with van der Waals surface area (Å²) in [6.07, 6.45) is 5.07. The molecule has 0 radical (unpaired) electrons. The lowest BCUT2D eigenvalue weighted by molar-refractivity contribution is 0.104. The first-order valence-corrected chi connectivity index (χ1v) is 8.82. The zero-order valence-corrected chi connectivity index (χ0v) is 14.6. The summed E-state index contributed by atoms with van der Waals surface area (Å²) in [6, 6.07) is 14.6. The summed E-state index contributed by atoms with van der Waals surface area (Å²) in [4.78, 5) is 25.7. The van der Waals surface area contributed by atoms with E-state index in [0.29, 0.717) is 16.7 Å². The fourth-order valence-electron chi connectivity index (χ4n) is 2.43. The van der Waals surface area contributed by atoms with Crippen molar-refractivity contribution in [2.24, 2.45) is 0 Å². The molecule has 0 unspecified atom stereocenters. The molecule has 0 aliphatic rings. The Balaban J connectivity index is 1.92. The number of allylic oxidation sites excluding steroid dienone is 1. The number of ether oxygens (including phenoxy) is 1. The van der Waals surface area contributed by atoms with Gasteiger partial charge in [-0.3, -0.25) is 4.79 Å². The van der Waals surface area contributed by atoms with Crippen LogP contribution in [-0.4, -0.2) is 19.1 Å². The van der Waals surface area contributed by atoms with Crippen molar-refractivity contribution in [2.45, 2.75) is 4.90 Å². The molecule has 5 heteroatoms. The molecule has 0 aliphatic heterocycles. The molecule has 126 valence electrons. The van der Waals surface area contributed by atoms with Gasteiger partial charge in [-0.2, -0.15) is 0 Å². The zero-order chi connectivity index (χ0) is 17.8. The highest BCUT2D eigenvalue weighted by Gasteiger charge is 2.13. The van der Waals surface area contributed by atoms with Crippen molar-refractivity contribution in [1.29, 1.82) is 0 Å². The van der Waals surface area contributed by atoms with Crippen LogP contribution in [0.4, 0.5) is 0 Å². The highest BCUT2D eigenvalue weighted by atomic mass is 32.2. The maximum Gasteiger partial charge on any atom is 0.347 e. The van der Waals surface area contributed by atoms with Crippen LogP contribution >= 0.6 is 11.8 Å². The minimum atomic E-state index is -0.676. The van der Waals surface area contributed by atoms with E-state index in [4.69, 9.17) is 9.15 Å². The van der Waals surface area contributed by atoms with Gasteiger partial charge in [-0.15, -0.1) is 11.8 Å². The van der Waals surface area contributed by atoms with Crippen molar-refractivity contribution in [1.82, 2.24) is 0 Å². The number of hydrogen-bond donors (Lipinski definition) is 0. The van der Waals surface area contributed by atoms with E-state index >= 15 is 0 Å². The monoisotopic (exact) mass is 352 g/mol. The minimum absolute atomic E-state index is 0.00210. The van der Waals surface area contributed by atoms with E-state index in [0.717, 1.165) is 10.5 Å². The van der Waals surface area contributed by atoms with Crippen LogP contribution in [0.5, 0.6) is 5.75 Å². The van der Waals surface area contributed by atoms with E-state index in [2.05, 4.69) is 0 Å². The van der Waals surface area contributed by atoms with E-state index in [9.17, 15) is 9.59 Å². The van der Waals surface area contributed by atoms with Crippen molar-refractivity contribution < 1.29 is 13.9 Å². The molecule has 0 saturated heterocycles. The molecule has 0 aliphatic carbocycles. The zero-order valence-electron chi connectivity index (χ0n) is 13.8. The Morgan fingerprint density at radius 2 is 1.92 bits per heavy atom. The van der Waals surface area contributed by atoms with Crippen LogP contribution in [0.15, 0.2) is 68.7 Å². The number of hydrogen-bond acceptors (Lipinski definition) is 5. The summed E-state index contributed by atoms with van der Waals surface area (Å²) in [5.41, 5.74) is 0.545. The van der Waals surface area contributed by atoms with Gasteiger partial charge in [0.05, 0.1) is 7.11 Å². The molecule has 0 spiro atoms. The summed E-state index contributed by atoms with van der Waals surface area (Å²) in [7, 11) is 1.50. The standard InChI is InChI=1S/C20H16O4S/c1-23-18-5-3-4-14-12-16(20(22)24-19(14)18)17(21)11-8-13-6-9-15(25-2)10-7-13/h3-12H,1-2H3/b11-8+.